The summed E-state index contributed by atoms with van der Waals surface area (Å²) in [4.78, 5) is 17.8. The molecule has 3 rings (SSSR count). The number of carbonyl (C=O) groups excluding carboxylic acids is 1. The number of amides is 1. The third-order valence-corrected chi connectivity index (χ3v) is 5.47. The summed E-state index contributed by atoms with van der Waals surface area (Å²) in [5.74, 6) is 0.124. The normalized spacial score (nSPS) is 19.4. The summed E-state index contributed by atoms with van der Waals surface area (Å²) in [6.45, 7) is 5.18. The van der Waals surface area contributed by atoms with Crippen LogP contribution in [0.3, 0.4) is 0 Å². The van der Waals surface area contributed by atoms with Gasteiger partial charge in [0.25, 0.3) is 5.91 Å². The molecule has 1 heterocycles. The van der Waals surface area contributed by atoms with Crippen molar-refractivity contribution in [3.8, 4) is 0 Å². The first kappa shape index (κ1) is 19.8. The summed E-state index contributed by atoms with van der Waals surface area (Å²) in [7, 11) is 0. The van der Waals surface area contributed by atoms with Crippen molar-refractivity contribution in [1.82, 2.24) is 9.80 Å². The summed E-state index contributed by atoms with van der Waals surface area (Å²) < 4.78 is 0. The third-order valence-electron chi connectivity index (χ3n) is 5.47. The first-order valence-electron chi connectivity index (χ1n) is 10.0. The first-order valence-corrected chi connectivity index (χ1v) is 10.0. The number of nitrogens with two attached hydrogens (primary N) is 1. The van der Waals surface area contributed by atoms with Gasteiger partial charge in [-0.15, -0.1) is 0 Å². The summed E-state index contributed by atoms with van der Waals surface area (Å²) in [5, 5.41) is 11.4. The molecule has 0 radical (unpaired) electrons. The third kappa shape index (κ3) is 4.67. The van der Waals surface area contributed by atoms with E-state index in [4.69, 9.17) is 5.73 Å². The molecular weight excluding hydrogens is 338 g/mol. The van der Waals surface area contributed by atoms with Crippen LogP contribution in [-0.4, -0.2) is 65.7 Å². The minimum absolute atomic E-state index is 0.00518. The second kappa shape index (κ2) is 9.31. The van der Waals surface area contributed by atoms with E-state index >= 15 is 0 Å². The number of aliphatic hydroxyl groups excluding tert-OH is 1. The highest BCUT2D eigenvalue weighted by Crippen LogP contribution is 2.24. The van der Waals surface area contributed by atoms with Gasteiger partial charge < -0.3 is 15.7 Å². The average molecular weight is 370 g/mol. The summed E-state index contributed by atoms with van der Waals surface area (Å²) in [6, 6.07) is 14.0. The van der Waals surface area contributed by atoms with Gasteiger partial charge in [-0.3, -0.25) is 9.69 Å². The van der Waals surface area contributed by atoms with Crippen molar-refractivity contribution < 1.29 is 9.90 Å². The van der Waals surface area contributed by atoms with E-state index in [1.165, 1.54) is 0 Å². The van der Waals surface area contributed by atoms with Crippen molar-refractivity contribution >= 4 is 16.7 Å². The van der Waals surface area contributed by atoms with Crippen LogP contribution in [0.25, 0.3) is 10.8 Å². The lowest BCUT2D eigenvalue weighted by Gasteiger charge is -2.42. The number of rotatable bonds is 7. The molecule has 1 aliphatic rings. The Morgan fingerprint density at radius 3 is 2.78 bits per heavy atom. The Bertz CT molecular complexity index is 759. The molecule has 1 saturated heterocycles. The van der Waals surface area contributed by atoms with Crippen LogP contribution in [0.2, 0.25) is 0 Å². The van der Waals surface area contributed by atoms with Gasteiger partial charge in [0.15, 0.2) is 0 Å². The molecule has 0 aromatic heterocycles. The SMILES string of the molecule is CCCCC1CN(C[C@@H](N)CO)CCN1C(=O)c1cccc2ccccc12. The average Bonchev–Trinajstić information content (AvgIpc) is 2.71. The molecule has 1 amide bonds. The van der Waals surface area contributed by atoms with Gasteiger partial charge in [-0.25, -0.2) is 0 Å². The zero-order valence-electron chi connectivity index (χ0n) is 16.2. The van der Waals surface area contributed by atoms with Crippen LogP contribution in [0.15, 0.2) is 42.5 Å². The maximum atomic E-state index is 13.4. The zero-order chi connectivity index (χ0) is 19.2. The van der Waals surface area contributed by atoms with Crippen molar-refractivity contribution in [1.29, 1.82) is 0 Å². The van der Waals surface area contributed by atoms with Gasteiger partial charge in [-0.2, -0.15) is 0 Å². The number of aliphatic hydroxyl groups is 1. The molecule has 1 fully saturated rings. The second-order valence-electron chi connectivity index (χ2n) is 7.52. The van der Waals surface area contributed by atoms with E-state index in [-0.39, 0.29) is 24.6 Å². The molecule has 0 bridgehead atoms. The quantitative estimate of drug-likeness (QED) is 0.787. The zero-order valence-corrected chi connectivity index (χ0v) is 16.2. The largest absolute Gasteiger partial charge is 0.395 e. The maximum absolute atomic E-state index is 13.4. The standard InChI is InChI=1S/C22H31N3O2/c1-2-3-9-19-15-24(14-18(23)16-26)12-13-25(19)22(27)21-11-6-8-17-7-4-5-10-20(17)21/h4-8,10-11,18-19,26H,2-3,9,12-16,23H2,1H3/t18-,19?/m1/s1. The van der Waals surface area contributed by atoms with E-state index in [1.807, 2.05) is 30.3 Å². The smallest absolute Gasteiger partial charge is 0.254 e. The molecule has 27 heavy (non-hydrogen) atoms. The molecule has 1 unspecified atom stereocenters. The van der Waals surface area contributed by atoms with E-state index in [1.54, 1.807) is 0 Å². The van der Waals surface area contributed by atoms with E-state index < -0.39 is 0 Å². The Hall–Kier alpha value is -1.95. The molecule has 2 atom stereocenters. The molecule has 2 aromatic carbocycles. The lowest BCUT2D eigenvalue weighted by Crippen LogP contribution is -2.57. The Labute approximate surface area is 161 Å². The summed E-state index contributed by atoms with van der Waals surface area (Å²) in [6.07, 6.45) is 3.21. The minimum Gasteiger partial charge on any atom is -0.395 e. The van der Waals surface area contributed by atoms with Crippen molar-refractivity contribution in [3.63, 3.8) is 0 Å². The Morgan fingerprint density at radius 1 is 1.22 bits per heavy atom. The van der Waals surface area contributed by atoms with Crippen LogP contribution in [0, 0.1) is 0 Å². The highest BCUT2D eigenvalue weighted by atomic mass is 16.3. The van der Waals surface area contributed by atoms with E-state index in [9.17, 15) is 9.90 Å². The molecule has 0 aliphatic carbocycles. The van der Waals surface area contributed by atoms with E-state index in [2.05, 4.69) is 28.9 Å². The van der Waals surface area contributed by atoms with Gasteiger partial charge in [-0.1, -0.05) is 56.2 Å². The fraction of sp³-hybridized carbons (Fsp3) is 0.500. The predicted octanol–water partition coefficient (Wildman–Crippen LogP) is 2.48. The topological polar surface area (TPSA) is 69.8 Å². The molecule has 5 nitrogen and oxygen atoms in total. The van der Waals surface area contributed by atoms with Gasteiger partial charge >= 0.3 is 0 Å². The lowest BCUT2D eigenvalue weighted by molar-refractivity contribution is 0.0406. The van der Waals surface area contributed by atoms with Crippen LogP contribution in [0.5, 0.6) is 0 Å². The summed E-state index contributed by atoms with van der Waals surface area (Å²) in [5.41, 5.74) is 6.71. The predicted molar refractivity (Wildman–Crippen MR) is 110 cm³/mol. The van der Waals surface area contributed by atoms with Crippen molar-refractivity contribution in [2.75, 3.05) is 32.8 Å². The minimum atomic E-state index is -0.225. The fourth-order valence-electron chi connectivity index (χ4n) is 4.00. The van der Waals surface area contributed by atoms with Crippen LogP contribution >= 0.6 is 0 Å². The monoisotopic (exact) mass is 369 g/mol. The van der Waals surface area contributed by atoms with Crippen molar-refractivity contribution in [2.45, 2.75) is 38.3 Å². The van der Waals surface area contributed by atoms with Gasteiger partial charge in [0, 0.05) is 43.8 Å². The first-order chi connectivity index (χ1) is 13.1. The molecule has 5 heteroatoms. The molecule has 2 aromatic rings. The van der Waals surface area contributed by atoms with Gasteiger partial charge in [0.2, 0.25) is 0 Å². The number of hydrogen-bond donors (Lipinski definition) is 2. The number of hydrogen-bond acceptors (Lipinski definition) is 4. The number of unbranched alkanes of at least 4 members (excludes halogenated alkanes) is 1. The van der Waals surface area contributed by atoms with Crippen LogP contribution < -0.4 is 5.73 Å². The second-order valence-corrected chi connectivity index (χ2v) is 7.52. The van der Waals surface area contributed by atoms with E-state index in [0.717, 1.165) is 48.7 Å². The molecular formula is C22H31N3O2. The maximum Gasteiger partial charge on any atom is 0.254 e. The molecule has 0 spiro atoms. The van der Waals surface area contributed by atoms with Crippen LogP contribution in [0.4, 0.5) is 0 Å². The van der Waals surface area contributed by atoms with Gasteiger partial charge in [0.05, 0.1) is 6.61 Å². The highest BCUT2D eigenvalue weighted by molar-refractivity contribution is 6.07. The van der Waals surface area contributed by atoms with Crippen molar-refractivity contribution in [2.24, 2.45) is 5.73 Å². The molecule has 3 N–H and O–H groups in total. The number of benzene rings is 2. The summed E-state index contributed by atoms with van der Waals surface area (Å²) >= 11 is 0. The Kier molecular flexibility index (Phi) is 6.83. The highest BCUT2D eigenvalue weighted by Gasteiger charge is 2.31. The van der Waals surface area contributed by atoms with Gasteiger partial charge in [0.1, 0.15) is 0 Å². The molecule has 1 aliphatic heterocycles. The van der Waals surface area contributed by atoms with Crippen LogP contribution in [-0.2, 0) is 0 Å². The lowest BCUT2D eigenvalue weighted by atomic mass is 10.00. The van der Waals surface area contributed by atoms with Crippen molar-refractivity contribution in [3.05, 3.63) is 48.0 Å². The Morgan fingerprint density at radius 2 is 2.00 bits per heavy atom. The Balaban J connectivity index is 1.81. The number of carbonyl (C=O) groups is 1. The van der Waals surface area contributed by atoms with Gasteiger partial charge in [-0.05, 0) is 23.3 Å². The van der Waals surface area contributed by atoms with E-state index in [0.29, 0.717) is 13.1 Å². The number of nitrogens with zero attached hydrogens (tertiary/aromatic N) is 2. The number of piperazine rings is 1. The molecule has 0 saturated carbocycles. The van der Waals surface area contributed by atoms with Crippen LogP contribution in [0.1, 0.15) is 36.5 Å². The molecule has 146 valence electrons. The number of fused-ring (bicyclic) bond motifs is 1. The fourth-order valence-corrected chi connectivity index (χ4v) is 4.00.